The molecule has 0 aliphatic heterocycles. The van der Waals surface area contributed by atoms with Gasteiger partial charge in [-0.25, -0.2) is 0 Å². The molecule has 1 aromatic carbocycles. The molecule has 0 radical (unpaired) electrons. The van der Waals surface area contributed by atoms with Gasteiger partial charge in [0.1, 0.15) is 5.41 Å². The van der Waals surface area contributed by atoms with Crippen LogP contribution in [0.5, 0.6) is 0 Å². The summed E-state index contributed by atoms with van der Waals surface area (Å²) >= 11 is 5.14. The van der Waals surface area contributed by atoms with E-state index in [1.165, 1.54) is 7.11 Å². The van der Waals surface area contributed by atoms with E-state index < -0.39 is 5.41 Å². The lowest BCUT2D eigenvalue weighted by Crippen LogP contribution is -2.39. The number of hydrogen-bond acceptors (Lipinski definition) is 5. The molecule has 0 aliphatic rings. The van der Waals surface area contributed by atoms with Crippen molar-refractivity contribution >= 4 is 33.7 Å². The lowest BCUT2D eigenvalue weighted by molar-refractivity contribution is -0.150. The Morgan fingerprint density at radius 2 is 2.00 bits per heavy atom. The van der Waals surface area contributed by atoms with Gasteiger partial charge in [-0.1, -0.05) is 41.9 Å². The predicted octanol–water partition coefficient (Wildman–Crippen LogP) is 3.65. The van der Waals surface area contributed by atoms with Gasteiger partial charge in [0.05, 0.1) is 26.9 Å². The largest absolute Gasteiger partial charge is 0.468 e. The number of methoxy groups -OCH3 is 1. The van der Waals surface area contributed by atoms with E-state index in [9.17, 15) is 4.79 Å². The van der Waals surface area contributed by atoms with Crippen molar-refractivity contribution in [2.45, 2.75) is 26.2 Å². The number of esters is 1. The number of carbonyl (C=O) groups excluding carboxylic acids is 1. The van der Waals surface area contributed by atoms with E-state index in [2.05, 4.69) is 29.8 Å². The first-order valence-electron chi connectivity index (χ1n) is 7.86. The van der Waals surface area contributed by atoms with Gasteiger partial charge in [-0.05, 0) is 30.0 Å². The summed E-state index contributed by atoms with van der Waals surface area (Å²) in [6.07, 6.45) is 0. The maximum absolute atomic E-state index is 12.4. The van der Waals surface area contributed by atoms with Gasteiger partial charge in [0.25, 0.3) is 0 Å². The molecule has 0 saturated carbocycles. The lowest BCUT2D eigenvalue weighted by Gasteiger charge is -2.30. The molecule has 1 rings (SSSR count). The SMILES string of the molecule is COC(=O)C(C)(COCC(C)(C)CSCCO)c1cccc(Br)c1. The number of carbonyl (C=O) groups is 1. The van der Waals surface area contributed by atoms with Crippen LogP contribution in [0, 0.1) is 5.41 Å². The molecular weight excluding hydrogens is 392 g/mol. The highest BCUT2D eigenvalue weighted by Gasteiger charge is 2.37. The molecule has 0 aromatic heterocycles. The Kier molecular flexibility index (Phi) is 8.77. The van der Waals surface area contributed by atoms with E-state index in [0.29, 0.717) is 6.61 Å². The minimum atomic E-state index is -0.854. The minimum Gasteiger partial charge on any atom is -0.468 e. The third-order valence-corrected chi connectivity index (χ3v) is 5.66. The van der Waals surface area contributed by atoms with Gasteiger partial charge >= 0.3 is 5.97 Å². The minimum absolute atomic E-state index is 0.0336. The number of hydrogen-bond donors (Lipinski definition) is 1. The van der Waals surface area contributed by atoms with Crippen molar-refractivity contribution in [2.24, 2.45) is 5.41 Å². The smallest absolute Gasteiger partial charge is 0.318 e. The molecule has 4 nitrogen and oxygen atoms in total. The molecule has 6 heteroatoms. The summed E-state index contributed by atoms with van der Waals surface area (Å²) in [7, 11) is 1.40. The monoisotopic (exact) mass is 418 g/mol. The first-order valence-corrected chi connectivity index (χ1v) is 9.81. The molecule has 1 N–H and O–H groups in total. The first kappa shape index (κ1) is 21.5. The number of ether oxygens (including phenoxy) is 2. The maximum Gasteiger partial charge on any atom is 0.318 e. The Balaban J connectivity index is 2.76. The quantitative estimate of drug-likeness (QED) is 0.464. The van der Waals surface area contributed by atoms with Gasteiger partial charge in [-0.2, -0.15) is 11.8 Å². The number of benzene rings is 1. The van der Waals surface area contributed by atoms with Gasteiger partial charge in [0.2, 0.25) is 0 Å². The van der Waals surface area contributed by atoms with Crippen LogP contribution < -0.4 is 0 Å². The summed E-state index contributed by atoms with van der Waals surface area (Å²) in [4.78, 5) is 12.4. The zero-order valence-corrected chi connectivity index (χ0v) is 17.2. The molecule has 1 aromatic rings. The second kappa shape index (κ2) is 9.80. The summed E-state index contributed by atoms with van der Waals surface area (Å²) in [5, 5.41) is 8.88. The van der Waals surface area contributed by atoms with Crippen LogP contribution in [-0.2, 0) is 19.7 Å². The van der Waals surface area contributed by atoms with E-state index >= 15 is 0 Å². The van der Waals surface area contributed by atoms with Crippen molar-refractivity contribution in [3.05, 3.63) is 34.3 Å². The normalized spacial score (nSPS) is 14.2. The zero-order chi connectivity index (χ0) is 18.2. The van der Waals surface area contributed by atoms with E-state index in [1.54, 1.807) is 11.8 Å². The Labute approximate surface area is 157 Å². The molecule has 0 heterocycles. The van der Waals surface area contributed by atoms with Crippen LogP contribution in [0.15, 0.2) is 28.7 Å². The highest BCUT2D eigenvalue weighted by molar-refractivity contribution is 9.10. The van der Waals surface area contributed by atoms with Crippen molar-refractivity contribution in [3.8, 4) is 0 Å². The molecule has 0 bridgehead atoms. The van der Waals surface area contributed by atoms with Gasteiger partial charge in [0, 0.05) is 16.0 Å². The van der Waals surface area contributed by atoms with Crippen LogP contribution in [0.3, 0.4) is 0 Å². The Morgan fingerprint density at radius 3 is 2.58 bits per heavy atom. The van der Waals surface area contributed by atoms with E-state index in [1.807, 2.05) is 31.2 Å². The zero-order valence-electron chi connectivity index (χ0n) is 14.8. The van der Waals surface area contributed by atoms with Crippen molar-refractivity contribution in [1.29, 1.82) is 0 Å². The molecule has 0 saturated heterocycles. The van der Waals surface area contributed by atoms with E-state index in [0.717, 1.165) is 21.5 Å². The number of aliphatic hydroxyl groups excluding tert-OH is 1. The average molecular weight is 419 g/mol. The van der Waals surface area contributed by atoms with Crippen LogP contribution in [-0.4, -0.2) is 49.5 Å². The molecule has 1 atom stereocenters. The number of aliphatic hydroxyl groups is 1. The third kappa shape index (κ3) is 6.39. The highest BCUT2D eigenvalue weighted by atomic mass is 79.9. The van der Waals surface area contributed by atoms with Gasteiger partial charge in [0.15, 0.2) is 0 Å². The van der Waals surface area contributed by atoms with Gasteiger partial charge in [-0.3, -0.25) is 4.79 Å². The second-order valence-electron chi connectivity index (χ2n) is 6.77. The first-order chi connectivity index (χ1) is 11.2. The van der Waals surface area contributed by atoms with Crippen LogP contribution in [0.2, 0.25) is 0 Å². The third-order valence-electron chi connectivity index (χ3n) is 3.71. The summed E-state index contributed by atoms with van der Waals surface area (Å²) < 4.78 is 11.8. The second-order valence-corrected chi connectivity index (χ2v) is 8.79. The predicted molar refractivity (Wildman–Crippen MR) is 103 cm³/mol. The van der Waals surface area contributed by atoms with Crippen molar-refractivity contribution < 1.29 is 19.4 Å². The fraction of sp³-hybridized carbons (Fsp3) is 0.611. The molecule has 0 amide bonds. The number of thioether (sulfide) groups is 1. The van der Waals surface area contributed by atoms with Gasteiger partial charge in [-0.15, -0.1) is 0 Å². The number of halogens is 1. The van der Waals surface area contributed by atoms with Gasteiger partial charge < -0.3 is 14.6 Å². The molecule has 1 unspecified atom stereocenters. The summed E-state index contributed by atoms with van der Waals surface area (Å²) in [6, 6.07) is 7.65. The summed E-state index contributed by atoms with van der Waals surface area (Å²) in [5.74, 6) is 1.30. The fourth-order valence-electron chi connectivity index (χ4n) is 2.30. The molecule has 0 aliphatic carbocycles. The standard InChI is InChI=1S/C18H27BrO4S/c1-17(2,13-24-9-8-20)11-23-12-18(3,16(21)22-4)14-6-5-7-15(19)10-14/h5-7,10,20H,8-9,11-13H2,1-4H3. The maximum atomic E-state index is 12.4. The fourth-order valence-corrected chi connectivity index (χ4v) is 3.61. The average Bonchev–Trinajstić information content (AvgIpc) is 2.53. The summed E-state index contributed by atoms with van der Waals surface area (Å²) in [6.45, 7) is 7.05. The Morgan fingerprint density at radius 1 is 1.29 bits per heavy atom. The molecular formula is C18H27BrO4S. The lowest BCUT2D eigenvalue weighted by atomic mass is 9.83. The summed E-state index contributed by atoms with van der Waals surface area (Å²) in [5.41, 5.74) is -0.0303. The Hall–Kier alpha value is -0.560. The van der Waals surface area contributed by atoms with Crippen LogP contribution >= 0.6 is 27.7 Å². The molecule has 24 heavy (non-hydrogen) atoms. The van der Waals surface area contributed by atoms with Crippen molar-refractivity contribution in [1.82, 2.24) is 0 Å². The molecule has 0 fully saturated rings. The van der Waals surface area contributed by atoms with Crippen molar-refractivity contribution in [2.75, 3.05) is 38.4 Å². The van der Waals surface area contributed by atoms with Crippen LogP contribution in [0.4, 0.5) is 0 Å². The molecule has 136 valence electrons. The van der Waals surface area contributed by atoms with E-state index in [-0.39, 0.29) is 24.6 Å². The molecule has 0 spiro atoms. The van der Waals surface area contributed by atoms with Crippen LogP contribution in [0.1, 0.15) is 26.3 Å². The van der Waals surface area contributed by atoms with Crippen molar-refractivity contribution in [3.63, 3.8) is 0 Å². The topological polar surface area (TPSA) is 55.8 Å². The van der Waals surface area contributed by atoms with Crippen LogP contribution in [0.25, 0.3) is 0 Å². The van der Waals surface area contributed by atoms with E-state index in [4.69, 9.17) is 14.6 Å². The highest BCUT2D eigenvalue weighted by Crippen LogP contribution is 2.29. The Bertz CT molecular complexity index is 536. The number of rotatable bonds is 10.